The maximum atomic E-state index is 11.7. The first-order valence-corrected chi connectivity index (χ1v) is 7.97. The van der Waals surface area contributed by atoms with Crippen LogP contribution < -0.4 is 0 Å². The van der Waals surface area contributed by atoms with Crippen molar-refractivity contribution in [3.8, 4) is 23.7 Å². The van der Waals surface area contributed by atoms with Gasteiger partial charge in [0, 0.05) is 11.1 Å². The Morgan fingerprint density at radius 2 is 1.60 bits per heavy atom. The van der Waals surface area contributed by atoms with E-state index < -0.39 is 0 Å². The molecule has 0 saturated heterocycles. The second-order valence-corrected chi connectivity index (χ2v) is 5.36. The van der Waals surface area contributed by atoms with E-state index in [9.17, 15) is 4.79 Å². The van der Waals surface area contributed by atoms with Gasteiger partial charge in [0.1, 0.15) is 13.2 Å². The third-order valence-electron chi connectivity index (χ3n) is 3.54. The molecule has 0 radical (unpaired) electrons. The number of ketones is 1. The van der Waals surface area contributed by atoms with Gasteiger partial charge in [0.2, 0.25) is 5.78 Å². The van der Waals surface area contributed by atoms with E-state index in [0.717, 1.165) is 21.9 Å². The largest absolute Gasteiger partial charge is 0.360 e. The van der Waals surface area contributed by atoms with Gasteiger partial charge >= 0.3 is 0 Å². The molecule has 0 unspecified atom stereocenters. The van der Waals surface area contributed by atoms with Gasteiger partial charge in [-0.15, -0.1) is 0 Å². The van der Waals surface area contributed by atoms with Crippen molar-refractivity contribution in [1.29, 1.82) is 0 Å². The quantitative estimate of drug-likeness (QED) is 0.541. The molecule has 0 heterocycles. The summed E-state index contributed by atoms with van der Waals surface area (Å²) in [7, 11) is 0. The van der Waals surface area contributed by atoms with E-state index in [0.29, 0.717) is 0 Å². The number of benzene rings is 3. The number of carbonyl (C=O) groups is 1. The number of carbonyl (C=O) groups excluding carboxylic acids is 1. The molecular weight excluding hydrogens is 308 g/mol. The Bertz CT molecular complexity index is 991. The number of hydrogen-bond donors (Lipinski definition) is 0. The van der Waals surface area contributed by atoms with Crippen LogP contribution in [0.2, 0.25) is 0 Å². The van der Waals surface area contributed by atoms with Crippen molar-refractivity contribution >= 4 is 16.6 Å². The lowest BCUT2D eigenvalue weighted by atomic mass is 10.1. The van der Waals surface area contributed by atoms with E-state index in [1.807, 2.05) is 60.7 Å². The van der Waals surface area contributed by atoms with E-state index in [1.165, 1.54) is 0 Å². The van der Waals surface area contributed by atoms with Gasteiger partial charge in [0.15, 0.2) is 0 Å². The minimum Gasteiger partial charge on any atom is -0.360 e. The minimum atomic E-state index is -0.254. The van der Waals surface area contributed by atoms with Crippen LogP contribution in [0.3, 0.4) is 0 Å². The topological polar surface area (TPSA) is 26.3 Å². The van der Waals surface area contributed by atoms with Crippen molar-refractivity contribution in [1.82, 2.24) is 0 Å². The molecule has 3 aromatic rings. The zero-order chi connectivity index (χ0) is 17.3. The Morgan fingerprint density at radius 3 is 2.48 bits per heavy atom. The van der Waals surface area contributed by atoms with Gasteiger partial charge in [0.05, 0.1) is 0 Å². The van der Waals surface area contributed by atoms with E-state index in [2.05, 4.69) is 35.8 Å². The van der Waals surface area contributed by atoms with Crippen LogP contribution in [-0.2, 0) is 9.53 Å². The molecule has 0 N–H and O–H groups in total. The Morgan fingerprint density at radius 1 is 0.840 bits per heavy atom. The summed E-state index contributed by atoms with van der Waals surface area (Å²) in [6, 6.07) is 23.5. The van der Waals surface area contributed by atoms with Crippen LogP contribution in [0.5, 0.6) is 0 Å². The summed E-state index contributed by atoms with van der Waals surface area (Å²) in [4.78, 5) is 11.7. The van der Waals surface area contributed by atoms with Crippen molar-refractivity contribution < 1.29 is 9.53 Å². The Balaban J connectivity index is 1.53. The summed E-state index contributed by atoms with van der Waals surface area (Å²) in [6.45, 7) is 0.145. The van der Waals surface area contributed by atoms with Crippen molar-refractivity contribution in [3.05, 3.63) is 83.9 Å². The van der Waals surface area contributed by atoms with Crippen molar-refractivity contribution in [2.45, 2.75) is 0 Å². The predicted molar refractivity (Wildman–Crippen MR) is 100.0 cm³/mol. The van der Waals surface area contributed by atoms with Crippen LogP contribution in [0.1, 0.15) is 11.1 Å². The molecule has 0 aliphatic carbocycles. The Hall–Kier alpha value is -3.33. The maximum Gasteiger partial charge on any atom is 0.231 e. The van der Waals surface area contributed by atoms with Crippen LogP contribution >= 0.6 is 0 Å². The number of hydrogen-bond acceptors (Lipinski definition) is 2. The fourth-order valence-corrected chi connectivity index (χ4v) is 2.36. The molecule has 0 fully saturated rings. The highest BCUT2D eigenvalue weighted by molar-refractivity contribution is 5.97. The predicted octanol–water partition coefficient (Wildman–Crippen LogP) is 3.83. The van der Waals surface area contributed by atoms with Gasteiger partial charge in [-0.1, -0.05) is 72.4 Å². The summed E-state index contributed by atoms with van der Waals surface area (Å²) in [5, 5.41) is 2.27. The van der Waals surface area contributed by atoms with Gasteiger partial charge < -0.3 is 4.74 Å². The second-order valence-electron chi connectivity index (χ2n) is 5.36. The average Bonchev–Trinajstić information content (AvgIpc) is 2.67. The number of fused-ring (bicyclic) bond motifs is 1. The van der Waals surface area contributed by atoms with Gasteiger partial charge in [-0.2, -0.15) is 0 Å². The summed E-state index contributed by atoms with van der Waals surface area (Å²) in [6.07, 6.45) is 0. The van der Waals surface area contributed by atoms with Gasteiger partial charge in [-0.3, -0.25) is 4.79 Å². The van der Waals surface area contributed by atoms with Crippen LogP contribution in [-0.4, -0.2) is 19.0 Å². The second kappa shape index (κ2) is 8.50. The van der Waals surface area contributed by atoms with Gasteiger partial charge in [0.25, 0.3) is 0 Å². The van der Waals surface area contributed by atoms with Crippen molar-refractivity contribution in [2.75, 3.05) is 13.2 Å². The van der Waals surface area contributed by atoms with E-state index in [4.69, 9.17) is 4.74 Å². The number of ether oxygens (including phenoxy) is 1. The van der Waals surface area contributed by atoms with E-state index in [-0.39, 0.29) is 19.0 Å². The Labute approximate surface area is 147 Å². The first-order chi connectivity index (χ1) is 12.3. The Kier molecular flexibility index (Phi) is 5.62. The summed E-state index contributed by atoms with van der Waals surface area (Å²) in [5.74, 6) is 11.2. The lowest BCUT2D eigenvalue weighted by Gasteiger charge is -1.99. The fourth-order valence-electron chi connectivity index (χ4n) is 2.36. The molecule has 2 nitrogen and oxygen atoms in total. The third kappa shape index (κ3) is 4.82. The molecule has 3 aromatic carbocycles. The third-order valence-corrected chi connectivity index (χ3v) is 3.54. The molecule has 3 rings (SSSR count). The molecule has 0 aliphatic rings. The van der Waals surface area contributed by atoms with E-state index in [1.54, 1.807) is 0 Å². The molecule has 0 amide bonds. The molecule has 25 heavy (non-hydrogen) atoms. The van der Waals surface area contributed by atoms with E-state index >= 15 is 0 Å². The zero-order valence-corrected chi connectivity index (χ0v) is 13.7. The molecule has 0 spiro atoms. The average molecular weight is 324 g/mol. The maximum absolute atomic E-state index is 11.7. The number of rotatable bonds is 3. The first kappa shape index (κ1) is 16.5. The molecule has 0 aromatic heterocycles. The van der Waals surface area contributed by atoms with Crippen molar-refractivity contribution in [2.24, 2.45) is 0 Å². The minimum absolute atomic E-state index is 0.0515. The van der Waals surface area contributed by atoms with Gasteiger partial charge in [-0.05, 0) is 34.9 Å². The molecule has 0 saturated carbocycles. The van der Waals surface area contributed by atoms with Crippen LogP contribution in [0.25, 0.3) is 10.8 Å². The van der Waals surface area contributed by atoms with Crippen LogP contribution in [0.15, 0.2) is 72.8 Å². The lowest BCUT2D eigenvalue weighted by Crippen LogP contribution is -2.06. The summed E-state index contributed by atoms with van der Waals surface area (Å²) in [5.41, 5.74) is 1.77. The molecule has 0 bridgehead atoms. The SMILES string of the molecule is O=C(C#Cc1ccccc1)COCC#Cc1cccc2ccccc12. The fraction of sp³-hybridized carbons (Fsp3) is 0.0870. The van der Waals surface area contributed by atoms with Gasteiger partial charge in [-0.25, -0.2) is 0 Å². The summed E-state index contributed by atoms with van der Waals surface area (Å²) >= 11 is 0. The van der Waals surface area contributed by atoms with Crippen LogP contribution in [0, 0.1) is 23.7 Å². The molecular formula is C23H16O2. The highest BCUT2D eigenvalue weighted by atomic mass is 16.5. The zero-order valence-electron chi connectivity index (χ0n) is 13.7. The highest BCUT2D eigenvalue weighted by Gasteiger charge is 1.97. The number of Topliss-reactive ketones (excluding diaryl/α,β-unsaturated/α-hetero) is 1. The first-order valence-electron chi connectivity index (χ1n) is 7.97. The monoisotopic (exact) mass is 324 g/mol. The smallest absolute Gasteiger partial charge is 0.231 e. The van der Waals surface area contributed by atoms with Crippen LogP contribution in [0.4, 0.5) is 0 Å². The standard InChI is InChI=1S/C23H16O2/c24-22(16-15-19-8-2-1-3-9-19)18-25-17-7-13-21-12-6-11-20-10-4-5-14-23(20)21/h1-6,8-12,14H,17-18H2. The summed E-state index contributed by atoms with van der Waals surface area (Å²) < 4.78 is 5.29. The highest BCUT2D eigenvalue weighted by Crippen LogP contribution is 2.17. The molecule has 120 valence electrons. The van der Waals surface area contributed by atoms with Crippen molar-refractivity contribution in [3.63, 3.8) is 0 Å². The normalized spacial score (nSPS) is 9.60. The lowest BCUT2D eigenvalue weighted by molar-refractivity contribution is -0.117. The molecule has 0 aliphatic heterocycles. The molecule has 2 heteroatoms. The molecule has 0 atom stereocenters.